The van der Waals surface area contributed by atoms with Crippen LogP contribution in [0.15, 0.2) is 6.20 Å². The second-order valence-electron chi connectivity index (χ2n) is 6.32. The van der Waals surface area contributed by atoms with E-state index < -0.39 is 0 Å². The summed E-state index contributed by atoms with van der Waals surface area (Å²) in [4.78, 5) is 8.46. The summed E-state index contributed by atoms with van der Waals surface area (Å²) in [6.45, 7) is 7.87. The van der Waals surface area contributed by atoms with Gasteiger partial charge in [0.25, 0.3) is 0 Å². The molecular weight excluding hydrogens is 254 g/mol. The molecule has 1 N–H and O–H groups in total. The van der Waals surface area contributed by atoms with E-state index in [1.807, 2.05) is 11.3 Å². The average Bonchev–Trinajstić information content (AvgIpc) is 2.81. The maximum absolute atomic E-state index is 4.39. The fraction of sp³-hybridized carbons (Fsp3) is 0.800. The third-order valence-electron chi connectivity index (χ3n) is 4.74. The molecule has 1 atom stereocenters. The molecule has 1 saturated heterocycles. The molecule has 1 aromatic heterocycles. The van der Waals surface area contributed by atoms with E-state index in [2.05, 4.69) is 35.2 Å². The van der Waals surface area contributed by atoms with Gasteiger partial charge < -0.3 is 5.32 Å². The third kappa shape index (κ3) is 3.01. The fourth-order valence-corrected chi connectivity index (χ4v) is 4.37. The van der Waals surface area contributed by atoms with Crippen molar-refractivity contribution in [1.82, 2.24) is 15.2 Å². The Bertz CT molecular complexity index is 423. The lowest BCUT2D eigenvalue weighted by atomic mass is 9.79. The van der Waals surface area contributed by atoms with Gasteiger partial charge in [0.1, 0.15) is 0 Å². The Morgan fingerprint density at radius 1 is 1.42 bits per heavy atom. The number of piperazine rings is 1. The van der Waals surface area contributed by atoms with Crippen molar-refractivity contribution in [3.63, 3.8) is 0 Å². The molecule has 1 aliphatic carbocycles. The van der Waals surface area contributed by atoms with Crippen molar-refractivity contribution in [2.75, 3.05) is 13.1 Å². The number of aromatic nitrogens is 1. The largest absolute Gasteiger partial charge is 0.308 e. The highest BCUT2D eigenvalue weighted by Gasteiger charge is 2.38. The lowest BCUT2D eigenvalue weighted by Crippen LogP contribution is -2.63. The molecule has 19 heavy (non-hydrogen) atoms. The van der Waals surface area contributed by atoms with Crippen LogP contribution in [0.4, 0.5) is 0 Å². The van der Waals surface area contributed by atoms with E-state index in [-0.39, 0.29) is 0 Å². The van der Waals surface area contributed by atoms with E-state index in [1.165, 1.54) is 48.5 Å². The minimum absolute atomic E-state index is 0.407. The van der Waals surface area contributed by atoms with Crippen LogP contribution < -0.4 is 5.32 Å². The van der Waals surface area contributed by atoms with Gasteiger partial charge in [-0.05, 0) is 26.7 Å². The van der Waals surface area contributed by atoms with Crippen molar-refractivity contribution in [2.45, 2.75) is 64.1 Å². The molecule has 0 aromatic carbocycles. The summed E-state index contributed by atoms with van der Waals surface area (Å²) in [7, 11) is 0. The van der Waals surface area contributed by atoms with E-state index >= 15 is 0 Å². The fourth-order valence-electron chi connectivity index (χ4n) is 3.55. The van der Waals surface area contributed by atoms with Gasteiger partial charge >= 0.3 is 0 Å². The van der Waals surface area contributed by atoms with Gasteiger partial charge in [-0.15, -0.1) is 11.3 Å². The van der Waals surface area contributed by atoms with Crippen LogP contribution >= 0.6 is 11.3 Å². The molecule has 0 radical (unpaired) electrons. The summed E-state index contributed by atoms with van der Waals surface area (Å²) in [6.07, 6.45) is 9.00. The van der Waals surface area contributed by atoms with Crippen LogP contribution in [0.2, 0.25) is 0 Å². The molecule has 0 bridgehead atoms. The molecule has 1 aliphatic heterocycles. The molecule has 1 unspecified atom stereocenters. The molecule has 2 aliphatic rings. The minimum atomic E-state index is 0.407. The molecule has 2 fully saturated rings. The Labute approximate surface area is 120 Å². The van der Waals surface area contributed by atoms with Crippen molar-refractivity contribution < 1.29 is 0 Å². The zero-order valence-corrected chi connectivity index (χ0v) is 12.9. The topological polar surface area (TPSA) is 28.2 Å². The molecule has 1 aromatic rings. The molecule has 1 spiro atoms. The number of rotatable bonds is 2. The lowest BCUT2D eigenvalue weighted by Gasteiger charge is -2.49. The molecule has 106 valence electrons. The van der Waals surface area contributed by atoms with Crippen molar-refractivity contribution >= 4 is 11.3 Å². The molecular formula is C15H25N3S. The summed E-state index contributed by atoms with van der Waals surface area (Å²) in [5.41, 5.74) is 0.407. The van der Waals surface area contributed by atoms with Gasteiger partial charge in [0.05, 0.1) is 5.01 Å². The SMILES string of the molecule is Cc1ncc(CN2CC3(CCCCC3)NCC2C)s1. The van der Waals surface area contributed by atoms with Gasteiger partial charge in [-0.2, -0.15) is 0 Å². The highest BCUT2D eigenvalue weighted by Crippen LogP contribution is 2.32. The van der Waals surface area contributed by atoms with Crippen molar-refractivity contribution in [2.24, 2.45) is 0 Å². The minimum Gasteiger partial charge on any atom is -0.308 e. The van der Waals surface area contributed by atoms with Gasteiger partial charge in [-0.3, -0.25) is 4.90 Å². The lowest BCUT2D eigenvalue weighted by molar-refractivity contribution is 0.0580. The number of thiazole rings is 1. The van der Waals surface area contributed by atoms with Crippen LogP contribution in [0.1, 0.15) is 48.9 Å². The Balaban J connectivity index is 1.68. The van der Waals surface area contributed by atoms with Gasteiger partial charge in [-0.25, -0.2) is 4.98 Å². The van der Waals surface area contributed by atoms with Crippen LogP contribution in [0, 0.1) is 6.92 Å². The highest BCUT2D eigenvalue weighted by atomic mass is 32.1. The Kier molecular flexibility index (Phi) is 3.92. The maximum Gasteiger partial charge on any atom is 0.0897 e. The summed E-state index contributed by atoms with van der Waals surface area (Å²) in [5.74, 6) is 0. The Hall–Kier alpha value is -0.450. The van der Waals surface area contributed by atoms with Gasteiger partial charge in [0, 0.05) is 42.3 Å². The first kappa shape index (κ1) is 13.5. The van der Waals surface area contributed by atoms with Gasteiger partial charge in [-0.1, -0.05) is 19.3 Å². The molecule has 2 heterocycles. The number of nitrogens with zero attached hydrogens (tertiary/aromatic N) is 2. The van der Waals surface area contributed by atoms with E-state index in [9.17, 15) is 0 Å². The van der Waals surface area contributed by atoms with E-state index in [1.54, 1.807) is 0 Å². The molecule has 3 nitrogen and oxygen atoms in total. The summed E-state index contributed by atoms with van der Waals surface area (Å²) in [6, 6.07) is 0.634. The van der Waals surface area contributed by atoms with Crippen LogP contribution in [-0.4, -0.2) is 34.6 Å². The standard InChI is InChI=1S/C15H25N3S/c1-12-8-17-15(6-4-3-5-7-15)11-18(12)10-14-9-16-13(2)19-14/h9,12,17H,3-8,10-11H2,1-2H3. The van der Waals surface area contributed by atoms with Gasteiger partial charge in [0.2, 0.25) is 0 Å². The van der Waals surface area contributed by atoms with Crippen LogP contribution in [0.5, 0.6) is 0 Å². The Morgan fingerprint density at radius 3 is 2.89 bits per heavy atom. The smallest absolute Gasteiger partial charge is 0.0897 e. The van der Waals surface area contributed by atoms with Crippen LogP contribution in [0.3, 0.4) is 0 Å². The third-order valence-corrected chi connectivity index (χ3v) is 5.64. The first-order chi connectivity index (χ1) is 9.17. The van der Waals surface area contributed by atoms with Crippen LogP contribution in [-0.2, 0) is 6.54 Å². The maximum atomic E-state index is 4.39. The van der Waals surface area contributed by atoms with E-state index in [0.29, 0.717) is 11.6 Å². The monoisotopic (exact) mass is 279 g/mol. The molecule has 3 rings (SSSR count). The zero-order valence-electron chi connectivity index (χ0n) is 12.1. The zero-order chi connectivity index (χ0) is 13.3. The van der Waals surface area contributed by atoms with Crippen LogP contribution in [0.25, 0.3) is 0 Å². The number of aryl methyl sites for hydroxylation is 1. The molecule has 4 heteroatoms. The number of hydrogen-bond donors (Lipinski definition) is 1. The van der Waals surface area contributed by atoms with Gasteiger partial charge in [0.15, 0.2) is 0 Å². The second-order valence-corrected chi connectivity index (χ2v) is 7.64. The van der Waals surface area contributed by atoms with Crippen molar-refractivity contribution in [3.05, 3.63) is 16.1 Å². The van der Waals surface area contributed by atoms with Crippen molar-refractivity contribution in [3.8, 4) is 0 Å². The second kappa shape index (κ2) is 5.51. The predicted molar refractivity (Wildman–Crippen MR) is 80.5 cm³/mol. The summed E-state index contributed by atoms with van der Waals surface area (Å²) < 4.78 is 0. The normalized spacial score (nSPS) is 27.8. The van der Waals surface area contributed by atoms with Crippen molar-refractivity contribution in [1.29, 1.82) is 0 Å². The van der Waals surface area contributed by atoms with E-state index in [0.717, 1.165) is 13.1 Å². The first-order valence-electron chi connectivity index (χ1n) is 7.57. The van der Waals surface area contributed by atoms with E-state index in [4.69, 9.17) is 0 Å². The number of nitrogens with one attached hydrogen (secondary N) is 1. The first-order valence-corrected chi connectivity index (χ1v) is 8.39. The Morgan fingerprint density at radius 2 is 2.21 bits per heavy atom. The molecule has 0 amide bonds. The summed E-state index contributed by atoms with van der Waals surface area (Å²) in [5, 5.41) is 5.04. The quantitative estimate of drug-likeness (QED) is 0.902. The average molecular weight is 279 g/mol. The highest BCUT2D eigenvalue weighted by molar-refractivity contribution is 7.11. The molecule has 1 saturated carbocycles. The predicted octanol–water partition coefficient (Wildman–Crippen LogP) is 2.95. The summed E-state index contributed by atoms with van der Waals surface area (Å²) >= 11 is 1.85. The number of hydrogen-bond acceptors (Lipinski definition) is 4.